The zero-order chi connectivity index (χ0) is 14.2. The lowest BCUT2D eigenvalue weighted by atomic mass is 10.0. The van der Waals surface area contributed by atoms with E-state index in [2.05, 4.69) is 0 Å². The van der Waals surface area contributed by atoms with Gasteiger partial charge in [0.15, 0.2) is 0 Å². The van der Waals surface area contributed by atoms with E-state index >= 15 is 0 Å². The topological polar surface area (TPSA) is 73.4 Å². The lowest BCUT2D eigenvalue weighted by Gasteiger charge is -2.38. The molecule has 1 aromatic rings. The SMILES string of the molecule is O=C(c1ccc(C(F)(F)F)[nH]c1=O)N1CC(CO)C1. The van der Waals surface area contributed by atoms with Crippen LogP contribution >= 0.6 is 0 Å². The van der Waals surface area contributed by atoms with Crippen LogP contribution in [-0.4, -0.2) is 40.6 Å². The molecule has 8 heteroatoms. The van der Waals surface area contributed by atoms with Crippen molar-refractivity contribution in [2.24, 2.45) is 5.92 Å². The van der Waals surface area contributed by atoms with Gasteiger partial charge in [-0.1, -0.05) is 0 Å². The van der Waals surface area contributed by atoms with E-state index in [1.165, 1.54) is 4.90 Å². The van der Waals surface area contributed by atoms with Gasteiger partial charge in [0.05, 0.1) is 0 Å². The number of likely N-dealkylation sites (tertiary alicyclic amines) is 1. The third-order valence-corrected chi connectivity index (χ3v) is 2.95. The first-order chi connectivity index (χ1) is 8.82. The molecule has 19 heavy (non-hydrogen) atoms. The molecule has 104 valence electrons. The number of nitrogens with zero attached hydrogens (tertiary/aromatic N) is 1. The number of aliphatic hydroxyl groups is 1. The molecule has 0 unspecified atom stereocenters. The quantitative estimate of drug-likeness (QED) is 0.824. The van der Waals surface area contributed by atoms with Crippen molar-refractivity contribution in [3.63, 3.8) is 0 Å². The summed E-state index contributed by atoms with van der Waals surface area (Å²) in [5, 5.41) is 8.81. The summed E-state index contributed by atoms with van der Waals surface area (Å²) in [6.07, 6.45) is -4.65. The van der Waals surface area contributed by atoms with Crippen molar-refractivity contribution < 1.29 is 23.1 Å². The predicted molar refractivity (Wildman–Crippen MR) is 58.5 cm³/mol. The largest absolute Gasteiger partial charge is 0.431 e. The third kappa shape index (κ3) is 2.62. The number of aromatic amines is 1. The Kier molecular flexibility index (Phi) is 3.36. The van der Waals surface area contributed by atoms with Crippen LogP contribution in [0.25, 0.3) is 0 Å². The highest BCUT2D eigenvalue weighted by atomic mass is 19.4. The van der Waals surface area contributed by atoms with Crippen LogP contribution in [0.3, 0.4) is 0 Å². The van der Waals surface area contributed by atoms with Crippen molar-refractivity contribution in [3.05, 3.63) is 33.7 Å². The molecule has 1 amide bonds. The second-order valence-corrected chi connectivity index (χ2v) is 4.37. The van der Waals surface area contributed by atoms with Gasteiger partial charge in [0, 0.05) is 25.6 Å². The lowest BCUT2D eigenvalue weighted by molar-refractivity contribution is -0.141. The molecule has 0 radical (unpaired) electrons. The highest BCUT2D eigenvalue weighted by Crippen LogP contribution is 2.26. The molecule has 2 heterocycles. The second-order valence-electron chi connectivity index (χ2n) is 4.37. The van der Waals surface area contributed by atoms with Crippen LogP contribution in [0.2, 0.25) is 0 Å². The Hall–Kier alpha value is -1.83. The fourth-order valence-electron chi connectivity index (χ4n) is 1.83. The minimum absolute atomic E-state index is 0.0301. The third-order valence-electron chi connectivity index (χ3n) is 2.95. The number of amides is 1. The van der Waals surface area contributed by atoms with Crippen LogP contribution < -0.4 is 5.56 Å². The number of aliphatic hydroxyl groups excluding tert-OH is 1. The van der Waals surface area contributed by atoms with Crippen LogP contribution in [0.4, 0.5) is 13.2 Å². The summed E-state index contributed by atoms with van der Waals surface area (Å²) in [6.45, 7) is 0.540. The number of hydrogen-bond acceptors (Lipinski definition) is 3. The van der Waals surface area contributed by atoms with Crippen molar-refractivity contribution in [3.8, 4) is 0 Å². The smallest absolute Gasteiger partial charge is 0.396 e. The highest BCUT2D eigenvalue weighted by molar-refractivity contribution is 5.94. The summed E-state index contributed by atoms with van der Waals surface area (Å²) in [6, 6.07) is 1.54. The van der Waals surface area contributed by atoms with Crippen LogP contribution in [0.5, 0.6) is 0 Å². The van der Waals surface area contributed by atoms with Crippen molar-refractivity contribution in [1.82, 2.24) is 9.88 Å². The van der Waals surface area contributed by atoms with Crippen LogP contribution in [0.1, 0.15) is 16.1 Å². The van der Waals surface area contributed by atoms with Gasteiger partial charge in [0.25, 0.3) is 11.5 Å². The number of carbonyl (C=O) groups is 1. The number of hydrogen-bond donors (Lipinski definition) is 2. The summed E-state index contributed by atoms with van der Waals surface area (Å²) < 4.78 is 37.0. The number of rotatable bonds is 2. The van der Waals surface area contributed by atoms with Gasteiger partial charge in [-0.05, 0) is 12.1 Å². The molecule has 1 aliphatic rings. The first kappa shape index (κ1) is 13.6. The van der Waals surface area contributed by atoms with Gasteiger partial charge in [-0.25, -0.2) is 0 Å². The standard InChI is InChI=1S/C11H11F3N2O3/c12-11(13,14)8-2-1-7(9(18)15-8)10(19)16-3-6(4-16)5-17/h1-2,6,17H,3-5H2,(H,15,18). The molecule has 0 bridgehead atoms. The van der Waals surface area contributed by atoms with E-state index in [9.17, 15) is 22.8 Å². The van der Waals surface area contributed by atoms with E-state index in [-0.39, 0.29) is 18.1 Å². The number of carbonyl (C=O) groups excluding carboxylic acids is 1. The average Bonchev–Trinajstić information content (AvgIpc) is 2.26. The van der Waals surface area contributed by atoms with E-state index in [4.69, 9.17) is 5.11 Å². The Morgan fingerprint density at radius 2 is 2.05 bits per heavy atom. The van der Waals surface area contributed by atoms with Crippen molar-refractivity contribution >= 4 is 5.91 Å². The van der Waals surface area contributed by atoms with E-state index < -0.39 is 23.3 Å². The summed E-state index contributed by atoms with van der Waals surface area (Å²) in [7, 11) is 0. The van der Waals surface area contributed by atoms with Crippen molar-refractivity contribution in [1.29, 1.82) is 0 Å². The number of halogens is 3. The minimum atomic E-state index is -4.65. The molecule has 0 aromatic carbocycles. The summed E-state index contributed by atoms with van der Waals surface area (Å²) in [5.74, 6) is -0.655. The molecule has 0 aliphatic carbocycles. The van der Waals surface area contributed by atoms with Gasteiger partial charge in [0.1, 0.15) is 11.3 Å². The van der Waals surface area contributed by atoms with E-state index in [0.29, 0.717) is 19.2 Å². The second kappa shape index (κ2) is 4.69. The summed E-state index contributed by atoms with van der Waals surface area (Å²) in [5.41, 5.74) is -2.58. The molecule has 1 aromatic heterocycles. The Morgan fingerprint density at radius 3 is 2.53 bits per heavy atom. The molecular weight excluding hydrogens is 265 g/mol. The minimum Gasteiger partial charge on any atom is -0.396 e. The maximum atomic E-state index is 12.3. The van der Waals surface area contributed by atoms with Gasteiger partial charge in [0.2, 0.25) is 0 Å². The van der Waals surface area contributed by atoms with Gasteiger partial charge >= 0.3 is 6.18 Å². The van der Waals surface area contributed by atoms with Gasteiger partial charge in [-0.3, -0.25) is 9.59 Å². The molecule has 1 aliphatic heterocycles. The Labute approximate surface area is 105 Å². The van der Waals surface area contributed by atoms with E-state index in [0.717, 1.165) is 6.07 Å². The van der Waals surface area contributed by atoms with Gasteiger partial charge in [-0.15, -0.1) is 0 Å². The summed E-state index contributed by atoms with van der Waals surface area (Å²) in [4.78, 5) is 26.2. The fraction of sp³-hybridized carbons (Fsp3) is 0.455. The highest BCUT2D eigenvalue weighted by Gasteiger charge is 2.34. The van der Waals surface area contributed by atoms with Gasteiger partial charge in [-0.2, -0.15) is 13.2 Å². The van der Waals surface area contributed by atoms with Crippen molar-refractivity contribution in [2.45, 2.75) is 6.18 Å². The molecule has 2 rings (SSSR count). The molecule has 1 fully saturated rings. The molecular formula is C11H11F3N2O3. The first-order valence-electron chi connectivity index (χ1n) is 5.53. The maximum absolute atomic E-state index is 12.3. The molecule has 1 saturated heterocycles. The molecule has 0 saturated carbocycles. The average molecular weight is 276 g/mol. The maximum Gasteiger partial charge on any atom is 0.431 e. The Morgan fingerprint density at radius 1 is 1.42 bits per heavy atom. The van der Waals surface area contributed by atoms with Crippen LogP contribution in [-0.2, 0) is 6.18 Å². The molecule has 2 N–H and O–H groups in total. The van der Waals surface area contributed by atoms with Crippen LogP contribution in [0.15, 0.2) is 16.9 Å². The lowest BCUT2D eigenvalue weighted by Crippen LogP contribution is -2.52. The Balaban J connectivity index is 2.18. The number of H-pyrrole nitrogens is 1. The number of nitrogens with one attached hydrogen (secondary N) is 1. The predicted octanol–water partition coefficient (Wildman–Crippen LogP) is 0.458. The first-order valence-corrected chi connectivity index (χ1v) is 5.53. The van der Waals surface area contributed by atoms with E-state index in [1.54, 1.807) is 4.98 Å². The zero-order valence-electron chi connectivity index (χ0n) is 9.70. The zero-order valence-corrected chi connectivity index (χ0v) is 9.70. The number of alkyl halides is 3. The fourth-order valence-corrected chi connectivity index (χ4v) is 1.83. The van der Waals surface area contributed by atoms with Crippen LogP contribution in [0, 0.1) is 5.92 Å². The molecule has 0 atom stereocenters. The number of aromatic nitrogens is 1. The van der Waals surface area contributed by atoms with Crippen molar-refractivity contribution in [2.75, 3.05) is 19.7 Å². The normalized spacial score (nSPS) is 16.3. The molecule has 0 spiro atoms. The van der Waals surface area contributed by atoms with Gasteiger partial charge < -0.3 is 15.0 Å². The number of pyridine rings is 1. The molecule has 5 nitrogen and oxygen atoms in total. The Bertz CT molecular complexity index is 547. The van der Waals surface area contributed by atoms with E-state index in [1.807, 2.05) is 0 Å². The monoisotopic (exact) mass is 276 g/mol. The summed E-state index contributed by atoms with van der Waals surface area (Å²) >= 11 is 0.